The molecule has 0 bridgehead atoms. The molecule has 1 atom stereocenters. The van der Waals surface area contributed by atoms with Crippen LogP contribution in [0.25, 0.3) is 0 Å². The van der Waals surface area contributed by atoms with Crippen LogP contribution in [0.4, 0.5) is 10.1 Å². The highest BCUT2D eigenvalue weighted by molar-refractivity contribution is 5.98. The Balaban J connectivity index is 1.49. The number of carbonyl (C=O) groups is 2. The largest absolute Gasteiger partial charge is 0.368 e. The van der Waals surface area contributed by atoms with Gasteiger partial charge < -0.3 is 15.0 Å². The van der Waals surface area contributed by atoms with Crippen LogP contribution in [-0.2, 0) is 16.1 Å². The average molecular weight is 382 g/mol. The second kappa shape index (κ2) is 8.10. The molecule has 28 heavy (non-hydrogen) atoms. The van der Waals surface area contributed by atoms with Crippen molar-refractivity contribution < 1.29 is 18.7 Å². The van der Waals surface area contributed by atoms with Crippen molar-refractivity contribution >= 4 is 17.5 Å². The highest BCUT2D eigenvalue weighted by atomic mass is 19.1. The first-order chi connectivity index (χ1) is 13.6. The number of benzene rings is 2. The van der Waals surface area contributed by atoms with Gasteiger partial charge in [-0.05, 0) is 49.9 Å². The van der Waals surface area contributed by atoms with Crippen LogP contribution in [0.3, 0.4) is 0 Å². The molecule has 2 fully saturated rings. The molecule has 5 nitrogen and oxygen atoms in total. The Labute approximate surface area is 163 Å². The maximum atomic E-state index is 14.1. The standard InChI is InChI=1S/C22H23FN2O3/c23-19-8-2-1-5-16(19)14-25(18-10-11-18)22(27)15-6-3-7-17(13-15)24-21(26)20-9-4-12-28-20/h1-3,5-8,13,18,20H,4,9-12,14H2,(H,24,26). The number of nitrogens with one attached hydrogen (secondary N) is 1. The smallest absolute Gasteiger partial charge is 0.254 e. The minimum absolute atomic E-state index is 0.136. The van der Waals surface area contributed by atoms with Gasteiger partial charge in [0.15, 0.2) is 0 Å². The van der Waals surface area contributed by atoms with Crippen LogP contribution in [0.15, 0.2) is 48.5 Å². The fraction of sp³-hybridized carbons (Fsp3) is 0.364. The molecule has 146 valence electrons. The van der Waals surface area contributed by atoms with Crippen LogP contribution in [0.1, 0.15) is 41.6 Å². The van der Waals surface area contributed by atoms with Gasteiger partial charge in [-0.25, -0.2) is 4.39 Å². The number of nitrogens with zero attached hydrogens (tertiary/aromatic N) is 1. The van der Waals surface area contributed by atoms with Gasteiger partial charge in [0.1, 0.15) is 11.9 Å². The van der Waals surface area contributed by atoms with E-state index in [0.29, 0.717) is 29.8 Å². The lowest BCUT2D eigenvalue weighted by atomic mass is 10.1. The maximum Gasteiger partial charge on any atom is 0.254 e. The van der Waals surface area contributed by atoms with Crippen LogP contribution < -0.4 is 5.32 Å². The van der Waals surface area contributed by atoms with E-state index in [0.717, 1.165) is 19.3 Å². The van der Waals surface area contributed by atoms with Crippen molar-refractivity contribution in [3.8, 4) is 0 Å². The van der Waals surface area contributed by atoms with Gasteiger partial charge in [-0.2, -0.15) is 0 Å². The zero-order valence-electron chi connectivity index (χ0n) is 15.6. The van der Waals surface area contributed by atoms with Crippen molar-refractivity contribution in [2.24, 2.45) is 0 Å². The first-order valence-corrected chi connectivity index (χ1v) is 9.69. The van der Waals surface area contributed by atoms with Gasteiger partial charge in [0.25, 0.3) is 11.8 Å². The molecule has 2 aliphatic rings. The lowest BCUT2D eigenvalue weighted by molar-refractivity contribution is -0.124. The SMILES string of the molecule is O=C(Nc1cccc(C(=O)N(Cc2ccccc2F)C2CC2)c1)C1CCCO1. The Kier molecular flexibility index (Phi) is 5.39. The molecule has 4 rings (SSSR count). The Hall–Kier alpha value is -2.73. The molecule has 1 N–H and O–H groups in total. The van der Waals surface area contributed by atoms with E-state index in [9.17, 15) is 14.0 Å². The van der Waals surface area contributed by atoms with E-state index >= 15 is 0 Å². The molecule has 0 aromatic heterocycles. The summed E-state index contributed by atoms with van der Waals surface area (Å²) in [5.74, 6) is -0.648. The lowest BCUT2D eigenvalue weighted by Crippen LogP contribution is -2.33. The fourth-order valence-corrected chi connectivity index (χ4v) is 3.47. The monoisotopic (exact) mass is 382 g/mol. The second-order valence-corrected chi connectivity index (χ2v) is 7.33. The minimum atomic E-state index is -0.427. The number of ether oxygens (including phenoxy) is 1. The van der Waals surface area contributed by atoms with E-state index in [1.54, 1.807) is 47.4 Å². The molecule has 2 aromatic rings. The minimum Gasteiger partial charge on any atom is -0.368 e. The van der Waals surface area contributed by atoms with Crippen LogP contribution in [-0.4, -0.2) is 35.5 Å². The summed E-state index contributed by atoms with van der Waals surface area (Å²) in [4.78, 5) is 27.1. The van der Waals surface area contributed by atoms with Crippen molar-refractivity contribution in [1.29, 1.82) is 0 Å². The molecular formula is C22H23FN2O3. The van der Waals surface area contributed by atoms with Crippen molar-refractivity contribution in [3.63, 3.8) is 0 Å². The average Bonchev–Trinajstić information content (AvgIpc) is 3.39. The molecule has 2 aromatic carbocycles. The summed E-state index contributed by atoms with van der Waals surface area (Å²) < 4.78 is 19.5. The quantitative estimate of drug-likeness (QED) is 0.828. The summed E-state index contributed by atoms with van der Waals surface area (Å²) in [6.07, 6.45) is 3.01. The molecule has 2 amide bonds. The number of hydrogen-bond donors (Lipinski definition) is 1. The Morgan fingerprint density at radius 2 is 1.93 bits per heavy atom. The molecule has 1 aliphatic heterocycles. The van der Waals surface area contributed by atoms with E-state index in [1.165, 1.54) is 6.07 Å². The number of halogens is 1. The molecule has 1 aliphatic carbocycles. The van der Waals surface area contributed by atoms with Gasteiger partial charge in [-0.1, -0.05) is 24.3 Å². The van der Waals surface area contributed by atoms with Crippen LogP contribution in [0.2, 0.25) is 0 Å². The summed E-state index contributed by atoms with van der Waals surface area (Å²) >= 11 is 0. The third-order valence-corrected chi connectivity index (χ3v) is 5.15. The zero-order chi connectivity index (χ0) is 19.5. The summed E-state index contributed by atoms with van der Waals surface area (Å²) in [5.41, 5.74) is 1.55. The molecule has 0 radical (unpaired) electrons. The summed E-state index contributed by atoms with van der Waals surface area (Å²) in [6, 6.07) is 13.6. The second-order valence-electron chi connectivity index (χ2n) is 7.33. The Morgan fingerprint density at radius 1 is 1.11 bits per heavy atom. The first kappa shape index (κ1) is 18.6. The molecule has 6 heteroatoms. The van der Waals surface area contributed by atoms with Crippen LogP contribution in [0.5, 0.6) is 0 Å². The molecular weight excluding hydrogens is 359 g/mol. The highest BCUT2D eigenvalue weighted by Crippen LogP contribution is 2.30. The van der Waals surface area contributed by atoms with Crippen molar-refractivity contribution in [2.75, 3.05) is 11.9 Å². The normalized spacial score (nSPS) is 18.7. The van der Waals surface area contributed by atoms with Gasteiger partial charge in [-0.3, -0.25) is 9.59 Å². The van der Waals surface area contributed by atoms with Gasteiger partial charge in [-0.15, -0.1) is 0 Å². The predicted molar refractivity (Wildman–Crippen MR) is 103 cm³/mol. The van der Waals surface area contributed by atoms with Crippen LogP contribution in [0, 0.1) is 5.82 Å². The summed E-state index contributed by atoms with van der Waals surface area (Å²) in [6.45, 7) is 0.839. The van der Waals surface area contributed by atoms with E-state index in [4.69, 9.17) is 4.74 Å². The van der Waals surface area contributed by atoms with E-state index in [2.05, 4.69) is 5.32 Å². The van der Waals surface area contributed by atoms with Gasteiger partial charge in [0.2, 0.25) is 0 Å². The van der Waals surface area contributed by atoms with E-state index in [-0.39, 0.29) is 30.2 Å². The molecule has 1 saturated carbocycles. The zero-order valence-corrected chi connectivity index (χ0v) is 15.6. The summed E-state index contributed by atoms with van der Waals surface area (Å²) in [5, 5.41) is 2.83. The fourth-order valence-electron chi connectivity index (χ4n) is 3.47. The lowest BCUT2D eigenvalue weighted by Gasteiger charge is -2.23. The maximum absolute atomic E-state index is 14.1. The topological polar surface area (TPSA) is 58.6 Å². The van der Waals surface area contributed by atoms with Crippen molar-refractivity contribution in [3.05, 3.63) is 65.5 Å². The number of amides is 2. The van der Waals surface area contributed by atoms with E-state index in [1.807, 2.05) is 0 Å². The summed E-state index contributed by atoms with van der Waals surface area (Å²) in [7, 11) is 0. The number of rotatable bonds is 6. The van der Waals surface area contributed by atoms with Crippen LogP contribution >= 0.6 is 0 Å². The number of anilines is 1. The molecule has 1 unspecified atom stereocenters. The predicted octanol–water partition coefficient (Wildman–Crippen LogP) is 3.75. The third-order valence-electron chi connectivity index (χ3n) is 5.15. The Morgan fingerprint density at radius 3 is 2.64 bits per heavy atom. The highest BCUT2D eigenvalue weighted by Gasteiger charge is 2.33. The van der Waals surface area contributed by atoms with Gasteiger partial charge in [0.05, 0.1) is 0 Å². The van der Waals surface area contributed by atoms with Gasteiger partial charge in [0, 0.05) is 36.0 Å². The Bertz CT molecular complexity index is 876. The molecule has 1 heterocycles. The number of hydrogen-bond acceptors (Lipinski definition) is 3. The molecule has 1 saturated heterocycles. The third kappa shape index (κ3) is 4.22. The van der Waals surface area contributed by atoms with Gasteiger partial charge >= 0.3 is 0 Å². The van der Waals surface area contributed by atoms with E-state index < -0.39 is 6.10 Å². The van der Waals surface area contributed by atoms with Crippen molar-refractivity contribution in [1.82, 2.24) is 4.90 Å². The first-order valence-electron chi connectivity index (χ1n) is 9.69. The van der Waals surface area contributed by atoms with Crippen molar-refractivity contribution in [2.45, 2.75) is 44.4 Å². The number of carbonyl (C=O) groups excluding carboxylic acids is 2. The molecule has 0 spiro atoms.